The van der Waals surface area contributed by atoms with Gasteiger partial charge in [-0.05, 0) is 18.9 Å². The Kier molecular flexibility index (Phi) is 5.89. The second kappa shape index (κ2) is 7.51. The van der Waals surface area contributed by atoms with Crippen molar-refractivity contribution in [1.29, 1.82) is 0 Å². The Morgan fingerprint density at radius 1 is 1.43 bits per heavy atom. The number of nitrogens with zero attached hydrogens (tertiary/aromatic N) is 2. The highest BCUT2D eigenvalue weighted by atomic mass is 35.5. The number of carboxylic acids is 1. The van der Waals surface area contributed by atoms with Crippen LogP contribution in [0.25, 0.3) is 0 Å². The zero-order valence-electron chi connectivity index (χ0n) is 12.4. The van der Waals surface area contributed by atoms with Gasteiger partial charge in [-0.3, -0.25) is 14.4 Å². The molecule has 1 N–H and O–H groups in total. The van der Waals surface area contributed by atoms with Gasteiger partial charge in [0.05, 0.1) is 22.4 Å². The number of aliphatic carboxylic acids is 1. The highest BCUT2D eigenvalue weighted by Crippen LogP contribution is 2.31. The van der Waals surface area contributed by atoms with Gasteiger partial charge in [0.2, 0.25) is 5.91 Å². The molecule has 1 atom stereocenters. The van der Waals surface area contributed by atoms with Gasteiger partial charge in [-0.25, -0.2) is 0 Å². The van der Waals surface area contributed by atoms with Gasteiger partial charge >= 0.3 is 5.97 Å². The van der Waals surface area contributed by atoms with E-state index >= 15 is 0 Å². The lowest BCUT2D eigenvalue weighted by atomic mass is 9.98. The van der Waals surface area contributed by atoms with E-state index in [1.807, 2.05) is 0 Å². The lowest BCUT2D eigenvalue weighted by molar-refractivity contribution is -0.145. The first kappa shape index (κ1) is 18.0. The molecular formula is C14H16Cl2N2O4S. The summed E-state index contributed by atoms with van der Waals surface area (Å²) < 4.78 is 0.682. The van der Waals surface area contributed by atoms with Gasteiger partial charge in [-0.2, -0.15) is 0 Å². The number of piperidine rings is 1. The Balaban J connectivity index is 1.98. The van der Waals surface area contributed by atoms with E-state index in [9.17, 15) is 14.4 Å². The molecule has 1 aliphatic rings. The fourth-order valence-corrected chi connectivity index (χ4v) is 3.92. The summed E-state index contributed by atoms with van der Waals surface area (Å²) in [5.41, 5.74) is 0.263. The monoisotopic (exact) mass is 378 g/mol. The first-order valence-electron chi connectivity index (χ1n) is 7.00. The molecule has 2 heterocycles. The maximum absolute atomic E-state index is 12.3. The summed E-state index contributed by atoms with van der Waals surface area (Å²) in [6, 6.07) is 1.47. The fourth-order valence-electron chi connectivity index (χ4n) is 2.47. The quantitative estimate of drug-likeness (QED) is 0.872. The third-order valence-electron chi connectivity index (χ3n) is 3.73. The third-order valence-corrected chi connectivity index (χ3v) is 5.22. The highest BCUT2D eigenvalue weighted by molar-refractivity contribution is 7.20. The zero-order valence-corrected chi connectivity index (χ0v) is 14.7. The molecule has 23 heavy (non-hydrogen) atoms. The summed E-state index contributed by atoms with van der Waals surface area (Å²) in [7, 11) is 1.50. The van der Waals surface area contributed by atoms with Crippen LogP contribution in [0.5, 0.6) is 0 Å². The number of likely N-dealkylation sites (tertiary alicyclic amines) is 1. The van der Waals surface area contributed by atoms with Crippen molar-refractivity contribution in [1.82, 2.24) is 9.80 Å². The van der Waals surface area contributed by atoms with Crippen LogP contribution in [-0.4, -0.2) is 59.4 Å². The number of halogens is 2. The van der Waals surface area contributed by atoms with Gasteiger partial charge in [-0.15, -0.1) is 11.3 Å². The van der Waals surface area contributed by atoms with Crippen molar-refractivity contribution in [2.75, 3.05) is 26.7 Å². The van der Waals surface area contributed by atoms with Crippen LogP contribution in [0.2, 0.25) is 8.67 Å². The average molecular weight is 379 g/mol. The van der Waals surface area contributed by atoms with Crippen molar-refractivity contribution in [3.63, 3.8) is 0 Å². The Bertz CT molecular complexity index is 634. The van der Waals surface area contributed by atoms with E-state index in [4.69, 9.17) is 28.3 Å². The van der Waals surface area contributed by atoms with Gasteiger partial charge in [0.15, 0.2) is 0 Å². The number of hydrogen-bond donors (Lipinski definition) is 1. The minimum Gasteiger partial charge on any atom is -0.481 e. The average Bonchev–Trinajstić information content (AvgIpc) is 2.85. The number of carboxylic acid groups (broad SMARTS) is 1. The molecule has 6 nitrogen and oxygen atoms in total. The molecule has 0 bridgehead atoms. The lowest BCUT2D eigenvalue weighted by Gasteiger charge is -2.32. The number of amides is 2. The Morgan fingerprint density at radius 2 is 2.13 bits per heavy atom. The lowest BCUT2D eigenvalue weighted by Crippen LogP contribution is -2.46. The van der Waals surface area contributed by atoms with Gasteiger partial charge in [0, 0.05) is 20.1 Å². The molecular weight excluding hydrogens is 363 g/mol. The van der Waals surface area contributed by atoms with E-state index < -0.39 is 17.8 Å². The van der Waals surface area contributed by atoms with Gasteiger partial charge in [-0.1, -0.05) is 23.2 Å². The summed E-state index contributed by atoms with van der Waals surface area (Å²) in [6.45, 7) is 0.561. The number of rotatable bonds is 4. The van der Waals surface area contributed by atoms with Crippen molar-refractivity contribution in [3.8, 4) is 0 Å². The van der Waals surface area contributed by atoms with Gasteiger partial charge in [0.1, 0.15) is 4.34 Å². The molecule has 1 aliphatic heterocycles. The molecule has 0 radical (unpaired) electrons. The Labute approximate surface area is 147 Å². The molecule has 0 saturated carbocycles. The topological polar surface area (TPSA) is 77.9 Å². The van der Waals surface area contributed by atoms with Crippen LogP contribution in [0.3, 0.4) is 0 Å². The predicted molar refractivity (Wildman–Crippen MR) is 88.2 cm³/mol. The second-order valence-electron chi connectivity index (χ2n) is 5.42. The van der Waals surface area contributed by atoms with Crippen LogP contribution in [0.15, 0.2) is 6.07 Å². The maximum atomic E-state index is 12.3. The summed E-state index contributed by atoms with van der Waals surface area (Å²) in [5.74, 6) is -2.10. The maximum Gasteiger partial charge on any atom is 0.308 e. The molecule has 1 aromatic rings. The van der Waals surface area contributed by atoms with Crippen LogP contribution in [0.4, 0.5) is 0 Å². The number of thiophene rings is 1. The minimum atomic E-state index is -0.897. The second-order valence-corrected chi connectivity index (χ2v) is 7.70. The molecule has 0 spiro atoms. The first-order chi connectivity index (χ1) is 10.8. The van der Waals surface area contributed by atoms with Crippen molar-refractivity contribution < 1.29 is 19.5 Å². The predicted octanol–water partition coefficient (Wildman–Crippen LogP) is 2.45. The fraction of sp³-hybridized carbons (Fsp3) is 0.500. The van der Waals surface area contributed by atoms with E-state index in [0.29, 0.717) is 23.7 Å². The molecule has 126 valence electrons. The Morgan fingerprint density at radius 3 is 2.70 bits per heavy atom. The van der Waals surface area contributed by atoms with Crippen LogP contribution in [0, 0.1) is 5.92 Å². The standard InChI is InChI=1S/C14H16Cl2N2O4S/c1-17(13(20)9-5-10(15)23-12(9)16)7-11(19)18-4-2-3-8(6-18)14(21)22/h5,8H,2-4,6-7H2,1H3,(H,21,22). The van der Waals surface area contributed by atoms with Crippen molar-refractivity contribution in [2.45, 2.75) is 12.8 Å². The van der Waals surface area contributed by atoms with Crippen LogP contribution in [-0.2, 0) is 9.59 Å². The number of carbonyl (C=O) groups is 3. The van der Waals surface area contributed by atoms with Crippen molar-refractivity contribution in [3.05, 3.63) is 20.3 Å². The number of likely N-dealkylation sites (N-methyl/N-ethyl adjacent to an activating group) is 1. The van der Waals surface area contributed by atoms with Crippen LogP contribution in [0.1, 0.15) is 23.2 Å². The van der Waals surface area contributed by atoms with Crippen LogP contribution < -0.4 is 0 Å². The molecule has 2 rings (SSSR count). The molecule has 2 amide bonds. The van der Waals surface area contributed by atoms with E-state index in [1.165, 1.54) is 22.9 Å². The molecule has 0 aromatic carbocycles. The van der Waals surface area contributed by atoms with E-state index in [0.717, 1.165) is 11.3 Å². The van der Waals surface area contributed by atoms with E-state index in [2.05, 4.69) is 0 Å². The van der Waals surface area contributed by atoms with Crippen molar-refractivity contribution >= 4 is 52.3 Å². The van der Waals surface area contributed by atoms with Gasteiger partial charge in [0.25, 0.3) is 5.91 Å². The summed E-state index contributed by atoms with van der Waals surface area (Å²) in [5, 5.41) is 9.06. The number of carbonyl (C=O) groups excluding carboxylic acids is 2. The van der Waals surface area contributed by atoms with E-state index in [1.54, 1.807) is 0 Å². The highest BCUT2D eigenvalue weighted by Gasteiger charge is 2.29. The molecule has 1 unspecified atom stereocenters. The minimum absolute atomic E-state index is 0.130. The molecule has 1 aromatic heterocycles. The van der Waals surface area contributed by atoms with E-state index in [-0.39, 0.29) is 28.9 Å². The third kappa shape index (κ3) is 4.37. The summed E-state index contributed by atoms with van der Waals surface area (Å²) in [6.07, 6.45) is 1.21. The molecule has 1 saturated heterocycles. The van der Waals surface area contributed by atoms with Gasteiger partial charge < -0.3 is 14.9 Å². The SMILES string of the molecule is CN(CC(=O)N1CCCC(C(=O)O)C1)C(=O)c1cc(Cl)sc1Cl. The molecule has 1 fully saturated rings. The largest absolute Gasteiger partial charge is 0.481 e. The molecule has 9 heteroatoms. The molecule has 0 aliphatic carbocycles. The van der Waals surface area contributed by atoms with Crippen LogP contribution >= 0.6 is 34.5 Å². The summed E-state index contributed by atoms with van der Waals surface area (Å²) in [4.78, 5) is 38.4. The van der Waals surface area contributed by atoms with Crippen molar-refractivity contribution in [2.24, 2.45) is 5.92 Å². The number of hydrogen-bond acceptors (Lipinski definition) is 4. The smallest absolute Gasteiger partial charge is 0.308 e. The zero-order chi connectivity index (χ0) is 17.1. The summed E-state index contributed by atoms with van der Waals surface area (Å²) >= 11 is 12.9. The first-order valence-corrected chi connectivity index (χ1v) is 8.57. The Hall–Kier alpha value is -1.31. The normalized spacial score (nSPS) is 17.9.